The van der Waals surface area contributed by atoms with Gasteiger partial charge in [-0.2, -0.15) is 5.26 Å². The SMILES string of the molecule is CC(C)(C)C[C@@H]1N[C@@H](C(=O)NCC[C@H](O)CO)[C@H](c2cccc(Cl)c2F)[C@@]1(C#N)c1ccc(Cl)cc1Cl. The van der Waals surface area contributed by atoms with Crippen molar-refractivity contribution in [3.63, 3.8) is 0 Å². The van der Waals surface area contributed by atoms with Crippen molar-refractivity contribution < 1.29 is 19.4 Å². The van der Waals surface area contributed by atoms with Crippen molar-refractivity contribution in [3.05, 3.63) is 68.4 Å². The monoisotopic (exact) mass is 569 g/mol. The fourth-order valence-electron chi connectivity index (χ4n) is 5.12. The largest absolute Gasteiger partial charge is 0.394 e. The van der Waals surface area contributed by atoms with Crippen molar-refractivity contribution in [2.45, 2.75) is 63.1 Å². The van der Waals surface area contributed by atoms with E-state index < -0.39 is 47.9 Å². The number of nitriles is 1. The lowest BCUT2D eigenvalue weighted by Crippen LogP contribution is -2.46. The van der Waals surface area contributed by atoms with Crippen LogP contribution in [-0.2, 0) is 10.2 Å². The Balaban J connectivity index is 2.24. The molecular formula is C27H31Cl3FN3O3. The highest BCUT2D eigenvalue weighted by molar-refractivity contribution is 6.35. The van der Waals surface area contributed by atoms with Gasteiger partial charge in [0.15, 0.2) is 0 Å². The normalized spacial score (nSPS) is 24.5. The number of halogens is 4. The third-order valence-electron chi connectivity index (χ3n) is 6.72. The predicted molar refractivity (Wildman–Crippen MR) is 143 cm³/mol. The van der Waals surface area contributed by atoms with Crippen LogP contribution in [0.4, 0.5) is 4.39 Å². The molecule has 2 aromatic carbocycles. The number of benzene rings is 2. The van der Waals surface area contributed by atoms with Crippen molar-refractivity contribution >= 4 is 40.7 Å². The Bertz CT molecular complexity index is 1180. The van der Waals surface area contributed by atoms with Crippen LogP contribution < -0.4 is 10.6 Å². The van der Waals surface area contributed by atoms with Crippen molar-refractivity contribution in [2.75, 3.05) is 13.2 Å². The van der Waals surface area contributed by atoms with Gasteiger partial charge in [0.05, 0.1) is 29.8 Å². The summed E-state index contributed by atoms with van der Waals surface area (Å²) in [4.78, 5) is 13.5. The molecule has 1 amide bonds. The summed E-state index contributed by atoms with van der Waals surface area (Å²) in [5.41, 5.74) is -1.20. The number of hydrogen-bond acceptors (Lipinski definition) is 5. The minimum Gasteiger partial charge on any atom is -0.394 e. The number of carbonyl (C=O) groups is 1. The van der Waals surface area contributed by atoms with Crippen LogP contribution in [0.2, 0.25) is 15.1 Å². The van der Waals surface area contributed by atoms with Crippen molar-refractivity contribution in [1.82, 2.24) is 10.6 Å². The molecule has 0 saturated carbocycles. The maximum atomic E-state index is 15.6. The summed E-state index contributed by atoms with van der Waals surface area (Å²) >= 11 is 19.0. The predicted octanol–water partition coefficient (Wildman–Crippen LogP) is 4.97. The van der Waals surface area contributed by atoms with E-state index in [1.165, 1.54) is 18.2 Å². The molecule has 10 heteroatoms. The number of nitrogens with one attached hydrogen (secondary N) is 2. The van der Waals surface area contributed by atoms with Gasteiger partial charge < -0.3 is 20.8 Å². The molecule has 2 aromatic rings. The summed E-state index contributed by atoms with van der Waals surface area (Å²) in [5, 5.41) is 36.2. The first-order valence-corrected chi connectivity index (χ1v) is 13.1. The van der Waals surface area contributed by atoms with Crippen molar-refractivity contribution in [3.8, 4) is 6.07 Å². The molecule has 1 aliphatic heterocycles. The molecule has 0 spiro atoms. The van der Waals surface area contributed by atoms with E-state index in [0.717, 1.165) is 0 Å². The zero-order valence-electron chi connectivity index (χ0n) is 20.9. The third-order valence-corrected chi connectivity index (χ3v) is 7.56. The van der Waals surface area contributed by atoms with E-state index in [9.17, 15) is 15.2 Å². The first-order valence-electron chi connectivity index (χ1n) is 12.0. The lowest BCUT2D eigenvalue weighted by molar-refractivity contribution is -0.123. The van der Waals surface area contributed by atoms with Gasteiger partial charge in [0, 0.05) is 28.5 Å². The van der Waals surface area contributed by atoms with Gasteiger partial charge in [-0.3, -0.25) is 4.79 Å². The summed E-state index contributed by atoms with van der Waals surface area (Å²) in [5.74, 6) is -2.20. The molecule has 5 atom stereocenters. The minimum atomic E-state index is -1.47. The number of nitrogens with zero attached hydrogens (tertiary/aromatic N) is 1. The van der Waals surface area contributed by atoms with Gasteiger partial charge in [0.1, 0.15) is 11.2 Å². The summed E-state index contributed by atoms with van der Waals surface area (Å²) < 4.78 is 15.6. The van der Waals surface area contributed by atoms with Crippen LogP contribution >= 0.6 is 34.8 Å². The Labute approximate surface area is 231 Å². The number of aliphatic hydroxyl groups is 2. The zero-order valence-corrected chi connectivity index (χ0v) is 23.1. The van der Waals surface area contributed by atoms with E-state index in [4.69, 9.17) is 39.9 Å². The average molecular weight is 571 g/mol. The van der Waals surface area contributed by atoms with Crippen molar-refractivity contribution in [1.29, 1.82) is 5.26 Å². The smallest absolute Gasteiger partial charge is 0.237 e. The van der Waals surface area contributed by atoms with Crippen LogP contribution in [0.1, 0.15) is 50.7 Å². The molecule has 0 radical (unpaired) electrons. The standard InChI is InChI=1S/C27H31Cl3FN3O3/c1-26(2,3)12-21-27(14-32,18-8-7-15(28)11-20(18)30)22(17-5-4-6-19(29)23(17)31)24(34-21)25(37)33-10-9-16(36)13-35/h4-8,11,16,21-22,24,34-36H,9-10,12-13H2,1-3H3,(H,33,37)/t16-,21-,22-,24+,27-/m0/s1. The highest BCUT2D eigenvalue weighted by Gasteiger charge is 2.60. The van der Waals surface area contributed by atoms with Crippen LogP contribution in [0.5, 0.6) is 0 Å². The molecule has 1 fully saturated rings. The summed E-state index contributed by atoms with van der Waals surface area (Å²) in [6.07, 6.45) is -0.397. The molecule has 4 N–H and O–H groups in total. The van der Waals surface area contributed by atoms with E-state index in [1.807, 2.05) is 20.8 Å². The van der Waals surface area contributed by atoms with Gasteiger partial charge in [-0.15, -0.1) is 0 Å². The maximum Gasteiger partial charge on any atom is 0.237 e. The van der Waals surface area contributed by atoms with Gasteiger partial charge in [-0.05, 0) is 47.6 Å². The second kappa shape index (κ2) is 11.9. The molecule has 0 unspecified atom stereocenters. The van der Waals surface area contributed by atoms with Gasteiger partial charge in [0.25, 0.3) is 0 Å². The highest BCUT2D eigenvalue weighted by Crippen LogP contribution is 2.53. The Kier molecular flexibility index (Phi) is 9.50. The average Bonchev–Trinajstić information content (AvgIpc) is 3.13. The number of rotatable bonds is 8. The quantitative estimate of drug-likeness (QED) is 0.359. The minimum absolute atomic E-state index is 0.0781. The Morgan fingerprint density at radius 1 is 1.24 bits per heavy atom. The number of hydrogen-bond donors (Lipinski definition) is 4. The van der Waals surface area contributed by atoms with Crippen LogP contribution in [0.15, 0.2) is 36.4 Å². The second-order valence-electron chi connectivity index (χ2n) is 10.6. The molecule has 0 aromatic heterocycles. The van der Waals surface area contributed by atoms with Gasteiger partial charge in [-0.25, -0.2) is 4.39 Å². The number of aliphatic hydroxyl groups excluding tert-OH is 2. The highest BCUT2D eigenvalue weighted by atomic mass is 35.5. The molecule has 37 heavy (non-hydrogen) atoms. The summed E-state index contributed by atoms with van der Waals surface area (Å²) in [6.45, 7) is 5.68. The van der Waals surface area contributed by atoms with E-state index >= 15 is 4.39 Å². The molecule has 0 bridgehead atoms. The molecule has 1 aliphatic rings. The third kappa shape index (κ3) is 6.22. The Hall–Kier alpha value is -1.92. The number of carbonyl (C=O) groups excluding carboxylic acids is 1. The van der Waals surface area contributed by atoms with E-state index in [2.05, 4.69) is 16.7 Å². The Morgan fingerprint density at radius 3 is 2.54 bits per heavy atom. The first kappa shape index (κ1) is 29.6. The van der Waals surface area contributed by atoms with Gasteiger partial charge in [-0.1, -0.05) is 73.8 Å². The molecule has 3 rings (SSSR count). The zero-order chi connectivity index (χ0) is 27.5. The van der Waals surface area contributed by atoms with E-state index in [-0.39, 0.29) is 34.0 Å². The van der Waals surface area contributed by atoms with Crippen LogP contribution in [0.25, 0.3) is 0 Å². The van der Waals surface area contributed by atoms with Gasteiger partial charge >= 0.3 is 0 Å². The molecular weight excluding hydrogens is 540 g/mol. The van der Waals surface area contributed by atoms with Gasteiger partial charge in [0.2, 0.25) is 5.91 Å². The van der Waals surface area contributed by atoms with Crippen molar-refractivity contribution in [2.24, 2.45) is 5.41 Å². The second-order valence-corrected chi connectivity index (χ2v) is 11.9. The maximum absolute atomic E-state index is 15.6. The van der Waals surface area contributed by atoms with Crippen LogP contribution in [0.3, 0.4) is 0 Å². The first-order chi connectivity index (χ1) is 17.4. The molecule has 6 nitrogen and oxygen atoms in total. The number of amides is 1. The fraction of sp³-hybridized carbons (Fsp3) is 0.481. The summed E-state index contributed by atoms with van der Waals surface area (Å²) in [7, 11) is 0. The van der Waals surface area contributed by atoms with Crippen LogP contribution in [-0.4, -0.2) is 47.5 Å². The molecule has 0 aliphatic carbocycles. The van der Waals surface area contributed by atoms with E-state index in [0.29, 0.717) is 17.0 Å². The molecule has 1 heterocycles. The lowest BCUT2D eigenvalue weighted by atomic mass is 9.63. The van der Waals surface area contributed by atoms with E-state index in [1.54, 1.807) is 18.2 Å². The lowest BCUT2D eigenvalue weighted by Gasteiger charge is -2.37. The van der Waals surface area contributed by atoms with Crippen LogP contribution in [0, 0.1) is 22.6 Å². The fourth-order valence-corrected chi connectivity index (χ4v) is 5.87. The molecule has 1 saturated heterocycles. The summed E-state index contributed by atoms with van der Waals surface area (Å²) in [6, 6.07) is 10.1. The Morgan fingerprint density at radius 2 is 1.95 bits per heavy atom. The topological polar surface area (TPSA) is 105 Å². The molecule has 200 valence electrons.